The SMILES string of the molecule is CCN(c1ccccc1)[C@H]1SC(=O)N(c2ccc(F)cc2)C1=O. The van der Waals surface area contributed by atoms with Crippen LogP contribution >= 0.6 is 11.8 Å². The fourth-order valence-corrected chi connectivity index (χ4v) is 3.62. The van der Waals surface area contributed by atoms with Crippen LogP contribution in [0.3, 0.4) is 0 Å². The Morgan fingerprint density at radius 3 is 2.35 bits per heavy atom. The number of thioether (sulfide) groups is 1. The lowest BCUT2D eigenvalue weighted by molar-refractivity contribution is -0.117. The van der Waals surface area contributed by atoms with Crippen LogP contribution in [0.4, 0.5) is 20.6 Å². The van der Waals surface area contributed by atoms with Crippen LogP contribution in [-0.4, -0.2) is 23.1 Å². The number of carbonyl (C=O) groups is 2. The molecule has 118 valence electrons. The Bertz CT molecular complexity index is 721. The van der Waals surface area contributed by atoms with E-state index in [-0.39, 0.29) is 11.1 Å². The molecule has 0 radical (unpaired) electrons. The molecular formula is C17H15FN2O2S. The van der Waals surface area contributed by atoms with Gasteiger partial charge in [0.25, 0.3) is 11.1 Å². The highest BCUT2D eigenvalue weighted by Gasteiger charge is 2.43. The van der Waals surface area contributed by atoms with Crippen molar-refractivity contribution in [3.63, 3.8) is 0 Å². The third-order valence-electron chi connectivity index (χ3n) is 3.62. The summed E-state index contributed by atoms with van der Waals surface area (Å²) in [6.45, 7) is 2.53. The van der Waals surface area contributed by atoms with Crippen molar-refractivity contribution in [1.82, 2.24) is 0 Å². The molecule has 23 heavy (non-hydrogen) atoms. The number of carbonyl (C=O) groups excluding carboxylic acids is 2. The summed E-state index contributed by atoms with van der Waals surface area (Å²) in [5, 5.41) is -0.957. The highest BCUT2D eigenvalue weighted by molar-refractivity contribution is 8.16. The fourth-order valence-electron chi connectivity index (χ4n) is 2.52. The molecule has 2 amide bonds. The maximum Gasteiger partial charge on any atom is 0.295 e. The molecule has 0 N–H and O–H groups in total. The highest BCUT2D eigenvalue weighted by Crippen LogP contribution is 2.35. The molecule has 0 aliphatic carbocycles. The zero-order valence-corrected chi connectivity index (χ0v) is 13.3. The van der Waals surface area contributed by atoms with Crippen LogP contribution in [0.15, 0.2) is 54.6 Å². The minimum absolute atomic E-state index is 0.308. The predicted octanol–water partition coefficient (Wildman–Crippen LogP) is 3.88. The zero-order valence-electron chi connectivity index (χ0n) is 12.5. The van der Waals surface area contributed by atoms with Crippen LogP contribution in [-0.2, 0) is 4.79 Å². The Labute approximate surface area is 137 Å². The third kappa shape index (κ3) is 2.94. The molecule has 6 heteroatoms. The van der Waals surface area contributed by atoms with E-state index in [1.165, 1.54) is 24.3 Å². The minimum atomic E-state index is -0.611. The lowest BCUT2D eigenvalue weighted by Crippen LogP contribution is -2.41. The molecule has 1 fully saturated rings. The largest absolute Gasteiger partial charge is 0.351 e. The molecule has 0 unspecified atom stereocenters. The number of benzene rings is 2. The molecule has 3 rings (SSSR count). The van der Waals surface area contributed by atoms with Crippen LogP contribution in [0.25, 0.3) is 0 Å². The van der Waals surface area contributed by atoms with Gasteiger partial charge in [-0.2, -0.15) is 0 Å². The van der Waals surface area contributed by atoms with Gasteiger partial charge in [-0.05, 0) is 55.1 Å². The molecule has 0 saturated carbocycles. The van der Waals surface area contributed by atoms with Crippen LogP contribution in [0.5, 0.6) is 0 Å². The van der Waals surface area contributed by atoms with E-state index in [2.05, 4.69) is 0 Å². The number of rotatable bonds is 4. The average Bonchev–Trinajstić information content (AvgIpc) is 2.85. The second kappa shape index (κ2) is 6.42. The molecule has 4 nitrogen and oxygen atoms in total. The summed E-state index contributed by atoms with van der Waals surface area (Å²) in [6, 6.07) is 14.8. The molecule has 0 spiro atoms. The van der Waals surface area contributed by atoms with Gasteiger partial charge in [0.15, 0.2) is 5.37 Å². The van der Waals surface area contributed by atoms with E-state index in [0.717, 1.165) is 22.3 Å². The van der Waals surface area contributed by atoms with E-state index in [9.17, 15) is 14.0 Å². The van der Waals surface area contributed by atoms with Crippen molar-refractivity contribution < 1.29 is 14.0 Å². The predicted molar refractivity (Wildman–Crippen MR) is 90.1 cm³/mol. The first-order valence-electron chi connectivity index (χ1n) is 7.23. The maximum atomic E-state index is 13.0. The number of likely N-dealkylation sites (N-methyl/N-ethyl adjacent to an activating group) is 1. The maximum absolute atomic E-state index is 13.0. The van der Waals surface area contributed by atoms with E-state index in [4.69, 9.17) is 0 Å². The molecule has 1 heterocycles. The van der Waals surface area contributed by atoms with Crippen molar-refractivity contribution in [2.75, 3.05) is 16.3 Å². The van der Waals surface area contributed by atoms with E-state index in [1.54, 1.807) is 0 Å². The number of halogens is 1. The average molecular weight is 330 g/mol. The molecule has 0 aromatic heterocycles. The number of para-hydroxylation sites is 1. The number of nitrogens with zero attached hydrogens (tertiary/aromatic N) is 2. The summed E-state index contributed by atoms with van der Waals surface area (Å²) in [4.78, 5) is 28.0. The number of amides is 2. The second-order valence-corrected chi connectivity index (χ2v) is 6.04. The van der Waals surface area contributed by atoms with Crippen molar-refractivity contribution in [1.29, 1.82) is 0 Å². The summed E-state index contributed by atoms with van der Waals surface area (Å²) in [5.74, 6) is -0.714. The number of anilines is 2. The highest BCUT2D eigenvalue weighted by atomic mass is 32.2. The summed E-state index contributed by atoms with van der Waals surface area (Å²) >= 11 is 0.978. The monoisotopic (exact) mass is 330 g/mol. The van der Waals surface area contributed by atoms with E-state index < -0.39 is 11.2 Å². The normalized spacial score (nSPS) is 17.7. The van der Waals surface area contributed by atoms with Gasteiger partial charge >= 0.3 is 0 Å². The molecule has 1 atom stereocenters. The van der Waals surface area contributed by atoms with E-state index >= 15 is 0 Å². The lowest BCUT2D eigenvalue weighted by Gasteiger charge is -2.27. The first kappa shape index (κ1) is 15.6. The van der Waals surface area contributed by atoms with Crippen LogP contribution in [0.1, 0.15) is 6.92 Å². The second-order valence-electron chi connectivity index (χ2n) is 5.01. The number of hydrogen-bond acceptors (Lipinski definition) is 4. The van der Waals surface area contributed by atoms with E-state index in [0.29, 0.717) is 12.2 Å². The Morgan fingerprint density at radius 1 is 1.09 bits per heavy atom. The molecule has 1 saturated heterocycles. The summed E-state index contributed by atoms with van der Waals surface area (Å²) in [7, 11) is 0. The summed E-state index contributed by atoms with van der Waals surface area (Å²) in [5.41, 5.74) is 1.27. The Balaban J connectivity index is 1.90. The Hall–Kier alpha value is -2.34. The molecule has 2 aromatic carbocycles. The van der Waals surface area contributed by atoms with Gasteiger partial charge in [0, 0.05) is 12.2 Å². The van der Waals surface area contributed by atoms with Crippen molar-refractivity contribution in [3.8, 4) is 0 Å². The van der Waals surface area contributed by atoms with E-state index in [1.807, 2.05) is 42.2 Å². The molecular weight excluding hydrogens is 315 g/mol. The fraction of sp³-hybridized carbons (Fsp3) is 0.176. The Kier molecular flexibility index (Phi) is 4.34. The van der Waals surface area contributed by atoms with Gasteiger partial charge in [0.05, 0.1) is 5.69 Å². The minimum Gasteiger partial charge on any atom is -0.351 e. The van der Waals surface area contributed by atoms with Crippen molar-refractivity contribution in [2.45, 2.75) is 12.3 Å². The summed E-state index contributed by atoms with van der Waals surface area (Å²) in [6.07, 6.45) is 0. The Morgan fingerprint density at radius 2 is 1.74 bits per heavy atom. The molecule has 0 bridgehead atoms. The third-order valence-corrected chi connectivity index (χ3v) is 4.69. The quantitative estimate of drug-likeness (QED) is 0.853. The van der Waals surface area contributed by atoms with Crippen molar-refractivity contribution >= 4 is 34.3 Å². The van der Waals surface area contributed by atoms with Gasteiger partial charge in [-0.15, -0.1) is 0 Å². The summed E-state index contributed by atoms with van der Waals surface area (Å²) < 4.78 is 13.0. The first-order valence-corrected chi connectivity index (χ1v) is 8.11. The first-order chi connectivity index (χ1) is 11.1. The smallest absolute Gasteiger partial charge is 0.295 e. The van der Waals surface area contributed by atoms with Gasteiger partial charge < -0.3 is 4.90 Å². The van der Waals surface area contributed by atoms with Gasteiger partial charge in [-0.3, -0.25) is 9.59 Å². The number of hydrogen-bond donors (Lipinski definition) is 0. The topological polar surface area (TPSA) is 40.6 Å². The zero-order chi connectivity index (χ0) is 16.4. The van der Waals surface area contributed by atoms with Crippen molar-refractivity contribution in [2.24, 2.45) is 0 Å². The van der Waals surface area contributed by atoms with Crippen LogP contribution < -0.4 is 9.80 Å². The molecule has 1 aliphatic heterocycles. The molecule has 1 aliphatic rings. The lowest BCUT2D eigenvalue weighted by atomic mass is 10.2. The van der Waals surface area contributed by atoms with Gasteiger partial charge in [0.1, 0.15) is 5.82 Å². The van der Waals surface area contributed by atoms with Crippen LogP contribution in [0.2, 0.25) is 0 Å². The number of imide groups is 1. The van der Waals surface area contributed by atoms with Gasteiger partial charge in [-0.25, -0.2) is 9.29 Å². The standard InChI is InChI=1S/C17H15FN2O2S/c1-2-19(13-6-4-3-5-7-13)16-15(21)20(17(22)23-16)14-10-8-12(18)9-11-14/h3-11,16H,2H2,1H3/t16-/m0/s1. The van der Waals surface area contributed by atoms with Crippen LogP contribution in [0, 0.1) is 5.82 Å². The van der Waals surface area contributed by atoms with Gasteiger partial charge in [-0.1, -0.05) is 18.2 Å². The van der Waals surface area contributed by atoms with Gasteiger partial charge in [0.2, 0.25) is 0 Å². The molecule has 2 aromatic rings. The van der Waals surface area contributed by atoms with Crippen molar-refractivity contribution in [3.05, 3.63) is 60.4 Å².